The number of carbonyl (C=O) groups is 2. The van der Waals surface area contributed by atoms with Crippen molar-refractivity contribution in [3.63, 3.8) is 0 Å². The number of aromatic nitrogens is 1. The lowest BCUT2D eigenvalue weighted by Crippen LogP contribution is -2.47. The number of carbonyl (C=O) groups excluding carboxylic acids is 1. The van der Waals surface area contributed by atoms with Crippen LogP contribution in [0.25, 0.3) is 0 Å². The Hall–Kier alpha value is -2.25. The lowest BCUT2D eigenvalue weighted by atomic mass is 9.73. The van der Waals surface area contributed by atoms with E-state index in [-0.39, 0.29) is 18.1 Å². The summed E-state index contributed by atoms with van der Waals surface area (Å²) >= 11 is 1.23. The molecule has 1 aromatic carbocycles. The minimum absolute atomic E-state index is 0.00749. The number of hydrogen-bond acceptors (Lipinski definition) is 5. The Balaban J connectivity index is 1.75. The maximum atomic E-state index is 12.9. The average Bonchev–Trinajstić information content (AvgIpc) is 3.10. The van der Waals surface area contributed by atoms with E-state index in [0.717, 1.165) is 5.56 Å². The predicted molar refractivity (Wildman–Crippen MR) is 89.1 cm³/mol. The van der Waals surface area contributed by atoms with Gasteiger partial charge < -0.3 is 15.2 Å². The van der Waals surface area contributed by atoms with Crippen molar-refractivity contribution in [1.82, 2.24) is 10.3 Å². The molecule has 2 N–H and O–H groups in total. The molecule has 1 aromatic heterocycles. The third-order valence-electron chi connectivity index (χ3n) is 4.28. The lowest BCUT2D eigenvalue weighted by molar-refractivity contribution is -0.130. The first-order chi connectivity index (χ1) is 11.6. The molecule has 1 fully saturated rings. The molecule has 1 saturated heterocycles. The SMILES string of the molecule is O=C(O)c1csc(CNC(=O)C2(c3ccccc3)CCOCC2)n1. The van der Waals surface area contributed by atoms with Gasteiger partial charge in [-0.15, -0.1) is 11.3 Å². The van der Waals surface area contributed by atoms with Crippen LogP contribution in [-0.2, 0) is 21.5 Å². The van der Waals surface area contributed by atoms with Crippen LogP contribution in [0.4, 0.5) is 0 Å². The van der Waals surface area contributed by atoms with Gasteiger partial charge in [0, 0.05) is 18.6 Å². The molecule has 0 unspecified atom stereocenters. The van der Waals surface area contributed by atoms with Crippen LogP contribution in [-0.4, -0.2) is 35.2 Å². The van der Waals surface area contributed by atoms with Crippen molar-refractivity contribution in [1.29, 1.82) is 0 Å². The number of amides is 1. The predicted octanol–water partition coefficient (Wildman–Crippen LogP) is 2.21. The Labute approximate surface area is 143 Å². The highest BCUT2D eigenvalue weighted by Gasteiger charge is 2.41. The van der Waals surface area contributed by atoms with Crippen LogP contribution < -0.4 is 5.32 Å². The number of carboxylic acid groups (broad SMARTS) is 1. The van der Waals surface area contributed by atoms with E-state index in [9.17, 15) is 9.59 Å². The summed E-state index contributed by atoms with van der Waals surface area (Å²) in [5.74, 6) is -1.13. The fraction of sp³-hybridized carbons (Fsp3) is 0.353. The van der Waals surface area contributed by atoms with Gasteiger partial charge in [0.1, 0.15) is 5.01 Å². The zero-order valence-electron chi connectivity index (χ0n) is 13.0. The summed E-state index contributed by atoms with van der Waals surface area (Å²) in [5.41, 5.74) is 0.385. The molecule has 1 aliphatic heterocycles. The van der Waals surface area contributed by atoms with Gasteiger partial charge in [-0.05, 0) is 18.4 Å². The van der Waals surface area contributed by atoms with Gasteiger partial charge in [0.25, 0.3) is 0 Å². The summed E-state index contributed by atoms with van der Waals surface area (Å²) in [5, 5.41) is 13.9. The van der Waals surface area contributed by atoms with E-state index in [4.69, 9.17) is 9.84 Å². The Morgan fingerprint density at radius 2 is 1.96 bits per heavy atom. The zero-order valence-corrected chi connectivity index (χ0v) is 13.8. The second-order valence-corrected chi connectivity index (χ2v) is 6.62. The minimum Gasteiger partial charge on any atom is -0.476 e. The zero-order chi connectivity index (χ0) is 17.0. The highest BCUT2D eigenvalue weighted by atomic mass is 32.1. The van der Waals surface area contributed by atoms with Crippen molar-refractivity contribution >= 4 is 23.2 Å². The van der Waals surface area contributed by atoms with E-state index in [0.29, 0.717) is 31.1 Å². The summed E-state index contributed by atoms with van der Waals surface area (Å²) in [6.07, 6.45) is 1.25. The van der Waals surface area contributed by atoms with Crippen molar-refractivity contribution in [2.45, 2.75) is 24.8 Å². The van der Waals surface area contributed by atoms with Gasteiger partial charge >= 0.3 is 5.97 Å². The standard InChI is InChI=1S/C17H18N2O4S/c20-15(21)13-11-24-14(19-13)10-18-16(22)17(6-8-23-9-7-17)12-4-2-1-3-5-12/h1-5,11H,6-10H2,(H,18,22)(H,20,21). The van der Waals surface area contributed by atoms with E-state index in [1.807, 2.05) is 30.3 Å². The van der Waals surface area contributed by atoms with Crippen molar-refractivity contribution in [3.05, 3.63) is 52.0 Å². The number of thiazole rings is 1. The number of aromatic carboxylic acids is 1. The van der Waals surface area contributed by atoms with Gasteiger partial charge in [-0.25, -0.2) is 9.78 Å². The maximum absolute atomic E-state index is 12.9. The first-order valence-electron chi connectivity index (χ1n) is 7.71. The molecule has 7 heteroatoms. The third-order valence-corrected chi connectivity index (χ3v) is 5.13. The molecule has 126 valence electrons. The molecule has 2 aromatic rings. The molecular formula is C17H18N2O4S. The van der Waals surface area contributed by atoms with Crippen LogP contribution in [0.1, 0.15) is 33.9 Å². The fourth-order valence-electron chi connectivity index (χ4n) is 2.94. The first-order valence-corrected chi connectivity index (χ1v) is 8.59. The number of benzene rings is 1. The third kappa shape index (κ3) is 3.32. The molecule has 2 heterocycles. The topological polar surface area (TPSA) is 88.5 Å². The number of nitrogens with zero attached hydrogens (tertiary/aromatic N) is 1. The summed E-state index contributed by atoms with van der Waals surface area (Å²) in [6.45, 7) is 1.32. The Kier molecular flexibility index (Phi) is 4.92. The van der Waals surface area contributed by atoms with Crippen LogP contribution in [0.2, 0.25) is 0 Å². The molecular weight excluding hydrogens is 328 g/mol. The van der Waals surface area contributed by atoms with Crippen LogP contribution in [0.3, 0.4) is 0 Å². The highest BCUT2D eigenvalue weighted by Crippen LogP contribution is 2.35. The Bertz CT molecular complexity index is 723. The summed E-state index contributed by atoms with van der Waals surface area (Å²) in [6, 6.07) is 9.73. The quantitative estimate of drug-likeness (QED) is 0.866. The highest BCUT2D eigenvalue weighted by molar-refractivity contribution is 7.09. The number of ether oxygens (including phenoxy) is 1. The minimum atomic E-state index is -1.06. The molecule has 1 amide bonds. The van der Waals surface area contributed by atoms with Crippen molar-refractivity contribution in [2.24, 2.45) is 0 Å². The molecule has 3 rings (SSSR count). The van der Waals surface area contributed by atoms with Gasteiger partial charge in [0.05, 0.1) is 12.0 Å². The smallest absolute Gasteiger partial charge is 0.355 e. The van der Waals surface area contributed by atoms with Crippen molar-refractivity contribution in [3.8, 4) is 0 Å². The molecule has 24 heavy (non-hydrogen) atoms. The van der Waals surface area contributed by atoms with Gasteiger partial charge in [0.15, 0.2) is 5.69 Å². The monoisotopic (exact) mass is 346 g/mol. The van der Waals surface area contributed by atoms with Gasteiger partial charge in [-0.1, -0.05) is 30.3 Å². The van der Waals surface area contributed by atoms with Crippen LogP contribution in [0.5, 0.6) is 0 Å². The molecule has 0 radical (unpaired) electrons. The van der Waals surface area contributed by atoms with Crippen molar-refractivity contribution < 1.29 is 19.4 Å². The number of hydrogen-bond donors (Lipinski definition) is 2. The van der Waals surface area contributed by atoms with E-state index in [1.54, 1.807) is 0 Å². The number of carboxylic acids is 1. The van der Waals surface area contributed by atoms with E-state index in [1.165, 1.54) is 16.7 Å². The molecule has 0 aliphatic carbocycles. The molecule has 0 bridgehead atoms. The van der Waals surface area contributed by atoms with Gasteiger partial charge in [0.2, 0.25) is 5.91 Å². The molecule has 0 atom stereocenters. The second-order valence-electron chi connectivity index (χ2n) is 5.67. The maximum Gasteiger partial charge on any atom is 0.355 e. The van der Waals surface area contributed by atoms with Gasteiger partial charge in [-0.3, -0.25) is 4.79 Å². The molecule has 6 nitrogen and oxygen atoms in total. The summed E-state index contributed by atoms with van der Waals surface area (Å²) in [4.78, 5) is 27.8. The van der Waals surface area contributed by atoms with Crippen LogP contribution in [0.15, 0.2) is 35.7 Å². The van der Waals surface area contributed by atoms with Crippen LogP contribution >= 0.6 is 11.3 Å². The fourth-order valence-corrected chi connectivity index (χ4v) is 3.65. The summed E-state index contributed by atoms with van der Waals surface area (Å²) < 4.78 is 5.43. The Morgan fingerprint density at radius 1 is 1.25 bits per heavy atom. The average molecular weight is 346 g/mol. The summed E-state index contributed by atoms with van der Waals surface area (Å²) in [7, 11) is 0. The normalized spacial score (nSPS) is 16.5. The largest absolute Gasteiger partial charge is 0.476 e. The van der Waals surface area contributed by atoms with Gasteiger partial charge in [-0.2, -0.15) is 0 Å². The van der Waals surface area contributed by atoms with Crippen LogP contribution in [0, 0.1) is 0 Å². The first kappa shape index (κ1) is 16.6. The number of rotatable bonds is 5. The molecule has 0 spiro atoms. The second kappa shape index (κ2) is 7.11. The Morgan fingerprint density at radius 3 is 2.58 bits per heavy atom. The molecule has 0 saturated carbocycles. The van der Waals surface area contributed by atoms with E-state index < -0.39 is 11.4 Å². The lowest BCUT2D eigenvalue weighted by Gasteiger charge is -2.36. The van der Waals surface area contributed by atoms with E-state index in [2.05, 4.69) is 10.3 Å². The number of nitrogens with one attached hydrogen (secondary N) is 1. The van der Waals surface area contributed by atoms with Crippen molar-refractivity contribution in [2.75, 3.05) is 13.2 Å². The van der Waals surface area contributed by atoms with E-state index >= 15 is 0 Å². The molecule has 1 aliphatic rings.